The van der Waals surface area contributed by atoms with E-state index in [0.717, 1.165) is 38.2 Å². The molecule has 0 aromatic carbocycles. The Morgan fingerprint density at radius 1 is 1.24 bits per heavy atom. The number of hydrogen-bond acceptors (Lipinski definition) is 3. The normalized spacial score (nSPS) is 12.9. The van der Waals surface area contributed by atoms with Crippen LogP contribution in [0, 0.1) is 0 Å². The molecule has 1 aromatic heterocycles. The maximum absolute atomic E-state index is 4.35. The van der Waals surface area contributed by atoms with E-state index in [-0.39, 0.29) is 0 Å². The molecule has 0 bridgehead atoms. The predicted molar refractivity (Wildman–Crippen MR) is 71.0 cm³/mol. The molecule has 0 fully saturated rings. The fraction of sp³-hybridized carbons (Fsp3) is 0.846. The summed E-state index contributed by atoms with van der Waals surface area (Å²) >= 11 is 0. The summed E-state index contributed by atoms with van der Waals surface area (Å²) in [4.78, 5) is 4.35. The van der Waals surface area contributed by atoms with E-state index in [9.17, 15) is 0 Å². The number of aromatic nitrogens is 3. The highest BCUT2D eigenvalue weighted by molar-refractivity contribution is 4.86. The second-order valence-corrected chi connectivity index (χ2v) is 4.48. The van der Waals surface area contributed by atoms with Crippen LogP contribution in [0.25, 0.3) is 0 Å². The molecule has 1 aromatic rings. The van der Waals surface area contributed by atoms with E-state index in [0.29, 0.717) is 6.04 Å². The molecule has 4 heteroatoms. The van der Waals surface area contributed by atoms with Gasteiger partial charge in [-0.15, -0.1) is 0 Å². The lowest BCUT2D eigenvalue weighted by molar-refractivity contribution is 0.447. The molecule has 1 N–H and O–H groups in total. The lowest BCUT2D eigenvalue weighted by Crippen LogP contribution is -2.29. The summed E-state index contributed by atoms with van der Waals surface area (Å²) in [6.45, 7) is 8.61. The molecule has 1 heterocycles. The predicted octanol–water partition coefficient (Wildman–Crippen LogP) is 2.40. The van der Waals surface area contributed by atoms with Crippen molar-refractivity contribution in [1.29, 1.82) is 0 Å². The molecule has 1 rings (SSSR count). The summed E-state index contributed by atoms with van der Waals surface area (Å²) in [6, 6.07) is 0.622. The average Bonchev–Trinajstić information content (AvgIpc) is 2.75. The van der Waals surface area contributed by atoms with Crippen LogP contribution in [0.4, 0.5) is 0 Å². The second-order valence-electron chi connectivity index (χ2n) is 4.48. The SMILES string of the molecule is CCCC(CCc1ncnn1CCC)NCC. The van der Waals surface area contributed by atoms with Crippen LogP contribution in [-0.4, -0.2) is 27.4 Å². The molecular weight excluding hydrogens is 212 g/mol. The van der Waals surface area contributed by atoms with E-state index in [4.69, 9.17) is 0 Å². The Labute approximate surface area is 105 Å². The average molecular weight is 238 g/mol. The van der Waals surface area contributed by atoms with Crippen LogP contribution in [0.3, 0.4) is 0 Å². The van der Waals surface area contributed by atoms with Gasteiger partial charge in [0.15, 0.2) is 0 Å². The van der Waals surface area contributed by atoms with E-state index in [1.54, 1.807) is 6.33 Å². The van der Waals surface area contributed by atoms with Crippen molar-refractivity contribution in [1.82, 2.24) is 20.1 Å². The first-order valence-electron chi connectivity index (χ1n) is 6.91. The first kappa shape index (κ1) is 14.2. The number of nitrogens with one attached hydrogen (secondary N) is 1. The summed E-state index contributed by atoms with van der Waals surface area (Å²) in [6.07, 6.45) is 7.45. The fourth-order valence-corrected chi connectivity index (χ4v) is 2.17. The molecule has 17 heavy (non-hydrogen) atoms. The molecular formula is C13H26N4. The summed E-state index contributed by atoms with van der Waals surface area (Å²) in [5, 5.41) is 7.80. The summed E-state index contributed by atoms with van der Waals surface area (Å²) in [5.74, 6) is 1.13. The number of hydrogen-bond donors (Lipinski definition) is 1. The molecule has 0 radical (unpaired) electrons. The van der Waals surface area contributed by atoms with Crippen molar-refractivity contribution in [2.24, 2.45) is 0 Å². The Balaban J connectivity index is 2.43. The van der Waals surface area contributed by atoms with Gasteiger partial charge in [-0.2, -0.15) is 5.10 Å². The van der Waals surface area contributed by atoms with Crippen molar-refractivity contribution < 1.29 is 0 Å². The molecule has 0 saturated heterocycles. The second kappa shape index (κ2) is 8.23. The van der Waals surface area contributed by atoms with Gasteiger partial charge in [-0.3, -0.25) is 4.68 Å². The third kappa shape index (κ3) is 4.86. The van der Waals surface area contributed by atoms with E-state index in [1.807, 2.05) is 4.68 Å². The van der Waals surface area contributed by atoms with Crippen LogP contribution in [-0.2, 0) is 13.0 Å². The zero-order chi connectivity index (χ0) is 12.5. The van der Waals surface area contributed by atoms with Gasteiger partial charge < -0.3 is 5.32 Å². The first-order chi connectivity index (χ1) is 8.31. The van der Waals surface area contributed by atoms with Gasteiger partial charge in [0.25, 0.3) is 0 Å². The van der Waals surface area contributed by atoms with Gasteiger partial charge in [0.2, 0.25) is 0 Å². The van der Waals surface area contributed by atoms with Crippen LogP contribution in [0.1, 0.15) is 52.3 Å². The lowest BCUT2D eigenvalue weighted by atomic mass is 10.1. The van der Waals surface area contributed by atoms with E-state index in [1.165, 1.54) is 12.8 Å². The van der Waals surface area contributed by atoms with Gasteiger partial charge in [0.1, 0.15) is 12.2 Å². The molecule has 1 unspecified atom stereocenters. The standard InChI is InChI=1S/C13H26N4/c1-4-7-12(14-6-3)8-9-13-15-11-16-17(13)10-5-2/h11-12,14H,4-10H2,1-3H3. The van der Waals surface area contributed by atoms with Gasteiger partial charge in [-0.1, -0.05) is 27.2 Å². The Hall–Kier alpha value is -0.900. The summed E-state index contributed by atoms with van der Waals surface area (Å²) < 4.78 is 2.04. The highest BCUT2D eigenvalue weighted by atomic mass is 15.3. The highest BCUT2D eigenvalue weighted by Crippen LogP contribution is 2.07. The molecule has 0 spiro atoms. The van der Waals surface area contributed by atoms with Gasteiger partial charge >= 0.3 is 0 Å². The zero-order valence-corrected chi connectivity index (χ0v) is 11.4. The number of rotatable bonds is 9. The minimum absolute atomic E-state index is 0.622. The molecule has 4 nitrogen and oxygen atoms in total. The molecule has 0 aliphatic heterocycles. The maximum Gasteiger partial charge on any atom is 0.138 e. The third-order valence-corrected chi connectivity index (χ3v) is 2.98. The van der Waals surface area contributed by atoms with Crippen LogP contribution in [0.2, 0.25) is 0 Å². The largest absolute Gasteiger partial charge is 0.314 e. The van der Waals surface area contributed by atoms with Crippen LogP contribution in [0.15, 0.2) is 6.33 Å². The van der Waals surface area contributed by atoms with Crippen LogP contribution < -0.4 is 5.32 Å². The van der Waals surface area contributed by atoms with E-state index < -0.39 is 0 Å². The molecule has 0 aliphatic carbocycles. The van der Waals surface area contributed by atoms with Gasteiger partial charge in [-0.25, -0.2) is 4.98 Å². The van der Waals surface area contributed by atoms with Crippen LogP contribution >= 0.6 is 0 Å². The quantitative estimate of drug-likeness (QED) is 0.718. The van der Waals surface area contributed by atoms with Gasteiger partial charge in [0, 0.05) is 19.0 Å². The van der Waals surface area contributed by atoms with Crippen molar-refractivity contribution in [2.45, 2.75) is 65.5 Å². The van der Waals surface area contributed by atoms with Crippen molar-refractivity contribution in [3.8, 4) is 0 Å². The first-order valence-corrected chi connectivity index (χ1v) is 6.91. The van der Waals surface area contributed by atoms with Gasteiger partial charge in [-0.05, 0) is 25.8 Å². The van der Waals surface area contributed by atoms with Crippen LogP contribution in [0.5, 0.6) is 0 Å². The van der Waals surface area contributed by atoms with Crippen molar-refractivity contribution >= 4 is 0 Å². The highest BCUT2D eigenvalue weighted by Gasteiger charge is 2.09. The van der Waals surface area contributed by atoms with E-state index >= 15 is 0 Å². The Kier molecular flexibility index (Phi) is 6.86. The maximum atomic E-state index is 4.35. The molecule has 98 valence electrons. The van der Waals surface area contributed by atoms with Crippen molar-refractivity contribution in [2.75, 3.05) is 6.54 Å². The summed E-state index contributed by atoms with van der Waals surface area (Å²) in [5.41, 5.74) is 0. The Bertz CT molecular complexity index is 289. The molecule has 0 saturated carbocycles. The van der Waals surface area contributed by atoms with Crippen molar-refractivity contribution in [3.05, 3.63) is 12.2 Å². The molecule has 0 amide bonds. The number of aryl methyl sites for hydroxylation is 2. The van der Waals surface area contributed by atoms with Gasteiger partial charge in [0.05, 0.1) is 0 Å². The Morgan fingerprint density at radius 2 is 2.06 bits per heavy atom. The monoisotopic (exact) mass is 238 g/mol. The minimum atomic E-state index is 0.622. The smallest absolute Gasteiger partial charge is 0.138 e. The Morgan fingerprint density at radius 3 is 2.71 bits per heavy atom. The minimum Gasteiger partial charge on any atom is -0.314 e. The fourth-order valence-electron chi connectivity index (χ4n) is 2.17. The molecule has 0 aliphatic rings. The molecule has 1 atom stereocenters. The van der Waals surface area contributed by atoms with E-state index in [2.05, 4.69) is 36.2 Å². The van der Waals surface area contributed by atoms with Crippen molar-refractivity contribution in [3.63, 3.8) is 0 Å². The topological polar surface area (TPSA) is 42.7 Å². The number of nitrogens with zero attached hydrogens (tertiary/aromatic N) is 3. The zero-order valence-electron chi connectivity index (χ0n) is 11.4. The lowest BCUT2D eigenvalue weighted by Gasteiger charge is -2.16. The third-order valence-electron chi connectivity index (χ3n) is 2.98. The summed E-state index contributed by atoms with van der Waals surface area (Å²) in [7, 11) is 0.